The van der Waals surface area contributed by atoms with Crippen molar-refractivity contribution in [2.75, 3.05) is 0 Å². The Balaban J connectivity index is 2.11. The molecule has 8 heteroatoms. The molecule has 4 nitrogen and oxygen atoms in total. The van der Waals surface area contributed by atoms with Crippen LogP contribution in [0.3, 0.4) is 0 Å². The Morgan fingerprint density at radius 3 is 2.74 bits per heavy atom. The summed E-state index contributed by atoms with van der Waals surface area (Å²) in [5.41, 5.74) is 0.207. The summed E-state index contributed by atoms with van der Waals surface area (Å²) in [4.78, 5) is 8.15. The predicted molar refractivity (Wildman–Crippen MR) is 84.7 cm³/mol. The largest absolute Gasteiger partial charge is 0.472 e. The van der Waals surface area contributed by atoms with E-state index in [1.165, 1.54) is 18.2 Å². The molecule has 0 saturated carbocycles. The summed E-state index contributed by atoms with van der Waals surface area (Å²) >= 11 is 7.01. The van der Waals surface area contributed by atoms with Crippen LogP contribution in [0.4, 0.5) is 8.78 Å². The number of aliphatic hydroxyl groups is 1. The van der Waals surface area contributed by atoms with Crippen LogP contribution < -0.4 is 4.74 Å². The lowest BCUT2D eigenvalue weighted by atomic mass is 10.2. The van der Waals surface area contributed by atoms with Gasteiger partial charge in [0.2, 0.25) is 5.88 Å². The van der Waals surface area contributed by atoms with Crippen LogP contribution in [0.5, 0.6) is 5.88 Å². The van der Waals surface area contributed by atoms with E-state index >= 15 is 0 Å². The number of hydrogen-bond donors (Lipinski definition) is 1. The highest BCUT2D eigenvalue weighted by molar-refractivity contribution is 7.98. The van der Waals surface area contributed by atoms with Crippen molar-refractivity contribution in [2.45, 2.75) is 37.0 Å². The highest BCUT2D eigenvalue weighted by Crippen LogP contribution is 2.26. The minimum absolute atomic E-state index is 0.148. The van der Waals surface area contributed by atoms with Gasteiger partial charge in [-0.2, -0.15) is 4.98 Å². The first-order valence-corrected chi connectivity index (χ1v) is 8.18. The van der Waals surface area contributed by atoms with Crippen LogP contribution in [0.1, 0.15) is 19.4 Å². The molecule has 0 bridgehead atoms. The minimum atomic E-state index is -0.898. The second kappa shape index (κ2) is 7.90. The molecular weight excluding hydrogens is 346 g/mol. The first-order valence-electron chi connectivity index (χ1n) is 6.82. The Kier molecular flexibility index (Phi) is 6.15. The van der Waals surface area contributed by atoms with Crippen LogP contribution in [0.15, 0.2) is 29.4 Å². The third-order valence-corrected chi connectivity index (χ3v) is 4.11. The number of thioether (sulfide) groups is 1. The Hall–Kier alpha value is -1.44. The fourth-order valence-electron chi connectivity index (χ4n) is 1.59. The number of aliphatic hydroxyl groups excluding tert-OH is 1. The lowest BCUT2D eigenvalue weighted by Crippen LogP contribution is -2.26. The standard InChI is InChI=1S/C15H15ClF2N2O2S/c1-8(21)9(2)22-13-6-12(16)19-15(20-13)23-7-10-4-3-5-11(17)14(10)18/h3-6,8-9,21H,7H2,1-2H3/t8-,9-/m0/s1. The number of aromatic nitrogens is 2. The third kappa shape index (κ3) is 5.02. The molecule has 23 heavy (non-hydrogen) atoms. The molecule has 2 rings (SSSR count). The van der Waals surface area contributed by atoms with Crippen LogP contribution >= 0.6 is 23.4 Å². The molecule has 0 saturated heterocycles. The fraction of sp³-hybridized carbons (Fsp3) is 0.333. The molecule has 0 fully saturated rings. The van der Waals surface area contributed by atoms with Gasteiger partial charge in [0.25, 0.3) is 0 Å². The van der Waals surface area contributed by atoms with E-state index in [-0.39, 0.29) is 27.5 Å². The molecule has 1 aromatic heterocycles. The summed E-state index contributed by atoms with van der Waals surface area (Å²) in [7, 11) is 0. The van der Waals surface area contributed by atoms with Crippen molar-refractivity contribution in [3.05, 3.63) is 46.6 Å². The molecule has 1 N–H and O–H groups in total. The van der Waals surface area contributed by atoms with Gasteiger partial charge < -0.3 is 9.84 Å². The number of benzene rings is 1. The summed E-state index contributed by atoms with van der Waals surface area (Å²) in [5.74, 6) is -1.43. The molecule has 1 aromatic carbocycles. The van der Waals surface area contributed by atoms with E-state index in [0.29, 0.717) is 0 Å². The maximum Gasteiger partial charge on any atom is 0.219 e. The maximum atomic E-state index is 13.6. The second-order valence-corrected chi connectivity index (χ2v) is 6.21. The van der Waals surface area contributed by atoms with Crippen LogP contribution in [-0.2, 0) is 5.75 Å². The average molecular weight is 361 g/mol. The van der Waals surface area contributed by atoms with Gasteiger partial charge in [-0.1, -0.05) is 35.5 Å². The molecule has 0 unspecified atom stereocenters. The van der Waals surface area contributed by atoms with Gasteiger partial charge in [-0.25, -0.2) is 13.8 Å². The zero-order valence-corrected chi connectivity index (χ0v) is 14.0. The Labute approximate surface area is 141 Å². The topological polar surface area (TPSA) is 55.2 Å². The van der Waals surface area contributed by atoms with Gasteiger partial charge >= 0.3 is 0 Å². The van der Waals surface area contributed by atoms with E-state index in [9.17, 15) is 13.9 Å². The minimum Gasteiger partial charge on any atom is -0.472 e. The fourth-order valence-corrected chi connectivity index (χ4v) is 2.64. The summed E-state index contributed by atoms with van der Waals surface area (Å²) in [5, 5.41) is 9.88. The second-order valence-electron chi connectivity index (χ2n) is 4.88. The van der Waals surface area contributed by atoms with E-state index in [0.717, 1.165) is 17.8 Å². The molecule has 2 atom stereocenters. The quantitative estimate of drug-likeness (QED) is 0.482. The van der Waals surface area contributed by atoms with E-state index in [2.05, 4.69) is 9.97 Å². The van der Waals surface area contributed by atoms with Crippen molar-refractivity contribution in [3.63, 3.8) is 0 Å². The van der Waals surface area contributed by atoms with Gasteiger partial charge in [0, 0.05) is 17.4 Å². The molecule has 1 heterocycles. The number of halogens is 3. The first-order chi connectivity index (χ1) is 10.9. The molecule has 0 aliphatic rings. The van der Waals surface area contributed by atoms with E-state index in [1.807, 2.05) is 0 Å². The van der Waals surface area contributed by atoms with Crippen molar-refractivity contribution < 1.29 is 18.6 Å². The highest BCUT2D eigenvalue weighted by atomic mass is 35.5. The summed E-state index contributed by atoms with van der Waals surface area (Å²) in [6, 6.07) is 5.41. The highest BCUT2D eigenvalue weighted by Gasteiger charge is 2.14. The van der Waals surface area contributed by atoms with Gasteiger partial charge in [0.05, 0.1) is 6.10 Å². The summed E-state index contributed by atoms with van der Waals surface area (Å²) in [6.45, 7) is 3.28. The molecule has 0 radical (unpaired) electrons. The van der Waals surface area contributed by atoms with Gasteiger partial charge in [0.1, 0.15) is 11.3 Å². The van der Waals surface area contributed by atoms with Crippen molar-refractivity contribution in [1.29, 1.82) is 0 Å². The van der Waals surface area contributed by atoms with Gasteiger partial charge in [0.15, 0.2) is 16.8 Å². The molecule has 124 valence electrons. The molecule has 0 amide bonds. The SMILES string of the molecule is C[C@H](O)[C@H](C)Oc1cc(Cl)nc(SCc2cccc(F)c2F)n1. The van der Waals surface area contributed by atoms with Crippen molar-refractivity contribution in [2.24, 2.45) is 0 Å². The van der Waals surface area contributed by atoms with Gasteiger partial charge in [-0.15, -0.1) is 0 Å². The lowest BCUT2D eigenvalue weighted by Gasteiger charge is -2.16. The summed E-state index contributed by atoms with van der Waals surface area (Å²) in [6.07, 6.45) is -1.15. The number of rotatable bonds is 6. The molecule has 0 spiro atoms. The lowest BCUT2D eigenvalue weighted by molar-refractivity contribution is 0.0569. The maximum absolute atomic E-state index is 13.6. The third-order valence-electron chi connectivity index (χ3n) is 3.03. The van der Waals surface area contributed by atoms with Crippen LogP contribution in [0.2, 0.25) is 5.15 Å². The van der Waals surface area contributed by atoms with Crippen molar-refractivity contribution in [1.82, 2.24) is 9.97 Å². The molecule has 2 aromatic rings. The van der Waals surface area contributed by atoms with Gasteiger partial charge in [-0.3, -0.25) is 0 Å². The Bertz CT molecular complexity index is 689. The zero-order chi connectivity index (χ0) is 17.0. The number of nitrogens with zero attached hydrogens (tertiary/aromatic N) is 2. The predicted octanol–water partition coefficient (Wildman–Crippen LogP) is 3.85. The van der Waals surface area contributed by atoms with E-state index < -0.39 is 23.8 Å². The molecule has 0 aliphatic carbocycles. The Morgan fingerprint density at radius 1 is 1.30 bits per heavy atom. The molecule has 0 aliphatic heterocycles. The van der Waals surface area contributed by atoms with Crippen molar-refractivity contribution in [3.8, 4) is 5.88 Å². The average Bonchev–Trinajstić information content (AvgIpc) is 2.48. The number of hydrogen-bond acceptors (Lipinski definition) is 5. The molecular formula is C15H15ClF2N2O2S. The van der Waals surface area contributed by atoms with Crippen LogP contribution in [0, 0.1) is 11.6 Å². The normalized spacial score (nSPS) is 13.7. The first kappa shape index (κ1) is 17.9. The van der Waals surface area contributed by atoms with Crippen molar-refractivity contribution >= 4 is 23.4 Å². The van der Waals surface area contributed by atoms with Crippen LogP contribution in [-0.4, -0.2) is 27.3 Å². The van der Waals surface area contributed by atoms with Crippen LogP contribution in [0.25, 0.3) is 0 Å². The summed E-state index contributed by atoms with van der Waals surface area (Å²) < 4.78 is 32.2. The monoisotopic (exact) mass is 360 g/mol. The van der Waals surface area contributed by atoms with E-state index in [4.69, 9.17) is 16.3 Å². The smallest absolute Gasteiger partial charge is 0.219 e. The van der Waals surface area contributed by atoms with Gasteiger partial charge in [-0.05, 0) is 19.9 Å². The number of ether oxygens (including phenoxy) is 1. The zero-order valence-electron chi connectivity index (χ0n) is 12.5. The Morgan fingerprint density at radius 2 is 2.04 bits per heavy atom. The van der Waals surface area contributed by atoms with E-state index in [1.54, 1.807) is 13.8 Å².